The maximum atomic E-state index is 12.6. The summed E-state index contributed by atoms with van der Waals surface area (Å²) in [5, 5.41) is 12.4. The van der Waals surface area contributed by atoms with Crippen molar-refractivity contribution in [1.29, 1.82) is 0 Å². The van der Waals surface area contributed by atoms with Crippen LogP contribution in [0.15, 0.2) is 48.5 Å². The second-order valence-electron chi connectivity index (χ2n) is 7.35. The zero-order valence-electron chi connectivity index (χ0n) is 16.1. The third kappa shape index (κ3) is 3.68. The van der Waals surface area contributed by atoms with Gasteiger partial charge < -0.3 is 9.72 Å². The lowest BCUT2D eigenvalue weighted by molar-refractivity contribution is -0.112. The zero-order valence-corrected chi connectivity index (χ0v) is 16.1. The van der Waals surface area contributed by atoms with E-state index in [-0.39, 0.29) is 11.9 Å². The SMILES string of the molecule is CCc1[nH]c2ccccc2c1Cc1ccc(C(=O)N(O)C2CCOCC2)cc1. The highest BCUT2D eigenvalue weighted by Gasteiger charge is 2.25. The summed E-state index contributed by atoms with van der Waals surface area (Å²) in [7, 11) is 0. The van der Waals surface area contributed by atoms with E-state index in [4.69, 9.17) is 4.74 Å². The summed E-state index contributed by atoms with van der Waals surface area (Å²) in [6.45, 7) is 3.32. The molecule has 2 aromatic carbocycles. The van der Waals surface area contributed by atoms with Crippen molar-refractivity contribution in [2.45, 2.75) is 38.6 Å². The van der Waals surface area contributed by atoms with Gasteiger partial charge in [0.15, 0.2) is 0 Å². The number of hydrogen-bond donors (Lipinski definition) is 2. The molecule has 1 aliphatic heterocycles. The average molecular weight is 378 g/mol. The molecule has 2 heterocycles. The topological polar surface area (TPSA) is 65.6 Å². The number of hydrogen-bond acceptors (Lipinski definition) is 3. The smallest absolute Gasteiger partial charge is 0.277 e. The summed E-state index contributed by atoms with van der Waals surface area (Å²) in [4.78, 5) is 16.1. The van der Waals surface area contributed by atoms with Gasteiger partial charge in [0.1, 0.15) is 0 Å². The van der Waals surface area contributed by atoms with Crippen LogP contribution in [0.5, 0.6) is 0 Å². The van der Waals surface area contributed by atoms with Crippen LogP contribution in [0, 0.1) is 0 Å². The molecule has 0 spiro atoms. The van der Waals surface area contributed by atoms with Crippen LogP contribution in [0.1, 0.15) is 46.9 Å². The highest BCUT2D eigenvalue weighted by Crippen LogP contribution is 2.26. The molecule has 1 aliphatic rings. The molecule has 5 nitrogen and oxygen atoms in total. The van der Waals surface area contributed by atoms with E-state index in [0.29, 0.717) is 31.6 Å². The molecule has 1 saturated heterocycles. The Bertz CT molecular complexity index is 956. The summed E-state index contributed by atoms with van der Waals surface area (Å²) in [6.07, 6.45) is 3.09. The molecule has 1 aromatic heterocycles. The van der Waals surface area contributed by atoms with E-state index in [1.807, 2.05) is 18.2 Å². The molecule has 28 heavy (non-hydrogen) atoms. The first-order chi connectivity index (χ1) is 13.7. The summed E-state index contributed by atoms with van der Waals surface area (Å²) < 4.78 is 5.30. The van der Waals surface area contributed by atoms with Gasteiger partial charge in [-0.2, -0.15) is 0 Å². The van der Waals surface area contributed by atoms with Crippen LogP contribution >= 0.6 is 0 Å². The fourth-order valence-electron chi connectivity index (χ4n) is 3.96. The number of H-pyrrole nitrogens is 1. The number of para-hydroxylation sites is 1. The maximum Gasteiger partial charge on any atom is 0.277 e. The van der Waals surface area contributed by atoms with Crippen LogP contribution in [-0.2, 0) is 17.6 Å². The number of benzene rings is 2. The molecular weight excluding hydrogens is 352 g/mol. The van der Waals surface area contributed by atoms with Gasteiger partial charge >= 0.3 is 0 Å². The second kappa shape index (κ2) is 8.17. The number of ether oxygens (including phenoxy) is 1. The van der Waals surface area contributed by atoms with E-state index in [0.717, 1.165) is 29.0 Å². The van der Waals surface area contributed by atoms with E-state index in [1.165, 1.54) is 16.6 Å². The molecule has 146 valence electrons. The molecule has 1 fully saturated rings. The van der Waals surface area contributed by atoms with Gasteiger partial charge in [0.2, 0.25) is 0 Å². The van der Waals surface area contributed by atoms with E-state index in [9.17, 15) is 10.0 Å². The van der Waals surface area contributed by atoms with E-state index >= 15 is 0 Å². The first-order valence-corrected chi connectivity index (χ1v) is 9.95. The number of aromatic amines is 1. The largest absolute Gasteiger partial charge is 0.381 e. The molecule has 5 heteroatoms. The molecule has 0 saturated carbocycles. The molecule has 0 unspecified atom stereocenters. The van der Waals surface area contributed by atoms with Gasteiger partial charge in [-0.3, -0.25) is 10.0 Å². The Balaban J connectivity index is 1.52. The van der Waals surface area contributed by atoms with Gasteiger partial charge in [0.25, 0.3) is 5.91 Å². The van der Waals surface area contributed by atoms with Crippen LogP contribution in [0.25, 0.3) is 10.9 Å². The number of nitrogens with zero attached hydrogens (tertiary/aromatic N) is 1. The number of rotatable bonds is 5. The van der Waals surface area contributed by atoms with Crippen molar-refractivity contribution in [3.05, 3.63) is 70.9 Å². The molecule has 2 N–H and O–H groups in total. The third-order valence-corrected chi connectivity index (χ3v) is 5.58. The molecule has 0 aliphatic carbocycles. The molecule has 0 radical (unpaired) electrons. The van der Waals surface area contributed by atoms with E-state index in [1.54, 1.807) is 12.1 Å². The summed E-state index contributed by atoms with van der Waals surface area (Å²) in [6, 6.07) is 15.8. The average Bonchev–Trinajstić information content (AvgIpc) is 3.11. The predicted octanol–water partition coefficient (Wildman–Crippen LogP) is 4.33. The van der Waals surface area contributed by atoms with Crippen molar-refractivity contribution in [3.8, 4) is 0 Å². The normalized spacial score (nSPS) is 15.1. The van der Waals surface area contributed by atoms with Gasteiger partial charge in [0.05, 0.1) is 6.04 Å². The number of aromatic nitrogens is 1. The lowest BCUT2D eigenvalue weighted by Gasteiger charge is -2.29. The van der Waals surface area contributed by atoms with Crippen molar-refractivity contribution >= 4 is 16.8 Å². The Morgan fingerprint density at radius 1 is 1.14 bits per heavy atom. The highest BCUT2D eigenvalue weighted by molar-refractivity contribution is 5.93. The van der Waals surface area contributed by atoms with Crippen LogP contribution in [0.2, 0.25) is 0 Å². The Hall–Kier alpha value is -2.63. The summed E-state index contributed by atoms with van der Waals surface area (Å²) in [5.41, 5.74) is 5.37. The first-order valence-electron chi connectivity index (χ1n) is 9.95. The second-order valence-corrected chi connectivity index (χ2v) is 7.35. The highest BCUT2D eigenvalue weighted by atomic mass is 16.5. The monoisotopic (exact) mass is 378 g/mol. The lowest BCUT2D eigenvalue weighted by Crippen LogP contribution is -2.41. The minimum Gasteiger partial charge on any atom is -0.381 e. The van der Waals surface area contributed by atoms with Crippen molar-refractivity contribution in [1.82, 2.24) is 10.0 Å². The predicted molar refractivity (Wildman–Crippen MR) is 109 cm³/mol. The number of nitrogens with one attached hydrogen (secondary N) is 1. The van der Waals surface area contributed by atoms with Crippen molar-refractivity contribution in [3.63, 3.8) is 0 Å². The zero-order chi connectivity index (χ0) is 19.5. The van der Waals surface area contributed by atoms with Gasteiger partial charge in [-0.05, 0) is 55.0 Å². The standard InChI is InChI=1S/C23H26N2O3/c1-2-21-20(19-5-3-4-6-22(19)24-21)15-16-7-9-17(10-8-16)23(26)25(27)18-11-13-28-14-12-18/h3-10,18,24,27H,2,11-15H2,1H3. The van der Waals surface area contributed by atoms with Crippen LogP contribution in [0.3, 0.4) is 0 Å². The quantitative estimate of drug-likeness (QED) is 0.513. The number of fused-ring (bicyclic) bond motifs is 1. The molecular formula is C23H26N2O3. The fourth-order valence-corrected chi connectivity index (χ4v) is 3.96. The fraction of sp³-hybridized carbons (Fsp3) is 0.348. The van der Waals surface area contributed by atoms with Crippen LogP contribution in [0.4, 0.5) is 0 Å². The Morgan fingerprint density at radius 3 is 2.57 bits per heavy atom. The maximum absolute atomic E-state index is 12.6. The first kappa shape index (κ1) is 18.7. The minimum atomic E-state index is -0.347. The molecule has 3 aromatic rings. The van der Waals surface area contributed by atoms with E-state index in [2.05, 4.69) is 30.1 Å². The van der Waals surface area contributed by atoms with Gasteiger partial charge in [-0.1, -0.05) is 37.3 Å². The Labute approximate surface area is 164 Å². The Morgan fingerprint density at radius 2 is 1.86 bits per heavy atom. The lowest BCUT2D eigenvalue weighted by atomic mass is 9.99. The minimum absolute atomic E-state index is 0.167. The van der Waals surface area contributed by atoms with Crippen molar-refractivity contribution in [2.24, 2.45) is 0 Å². The molecule has 0 atom stereocenters. The number of carbonyl (C=O) groups is 1. The molecule has 4 rings (SSSR count). The number of aryl methyl sites for hydroxylation is 1. The van der Waals surface area contributed by atoms with Gasteiger partial charge in [-0.15, -0.1) is 0 Å². The molecule has 0 bridgehead atoms. The summed E-state index contributed by atoms with van der Waals surface area (Å²) >= 11 is 0. The van der Waals surface area contributed by atoms with Gasteiger partial charge in [0, 0.05) is 35.4 Å². The van der Waals surface area contributed by atoms with Crippen LogP contribution in [-0.4, -0.2) is 40.4 Å². The number of amides is 1. The summed E-state index contributed by atoms with van der Waals surface area (Å²) in [5.74, 6) is -0.347. The number of carbonyl (C=O) groups excluding carboxylic acids is 1. The third-order valence-electron chi connectivity index (χ3n) is 5.58. The van der Waals surface area contributed by atoms with Crippen molar-refractivity contribution in [2.75, 3.05) is 13.2 Å². The van der Waals surface area contributed by atoms with Crippen LogP contribution < -0.4 is 0 Å². The van der Waals surface area contributed by atoms with Crippen molar-refractivity contribution < 1.29 is 14.7 Å². The Kier molecular flexibility index (Phi) is 5.46. The number of hydroxylamine groups is 2. The van der Waals surface area contributed by atoms with Gasteiger partial charge in [-0.25, -0.2) is 5.06 Å². The molecule has 1 amide bonds. The van der Waals surface area contributed by atoms with E-state index < -0.39 is 0 Å².